The highest BCUT2D eigenvalue weighted by Gasteiger charge is 2.37. The number of guanidine groups is 1. The molecule has 0 saturated carbocycles. The van der Waals surface area contributed by atoms with Crippen LogP contribution >= 0.6 is 0 Å². The normalized spacial score (nSPS) is 16.0. The summed E-state index contributed by atoms with van der Waals surface area (Å²) in [5.74, 6) is -0.572. The predicted molar refractivity (Wildman–Crippen MR) is 175 cm³/mol. The van der Waals surface area contributed by atoms with Gasteiger partial charge in [-0.25, -0.2) is 4.79 Å². The fourth-order valence-corrected chi connectivity index (χ4v) is 5.08. The van der Waals surface area contributed by atoms with E-state index >= 15 is 0 Å². The Morgan fingerprint density at radius 2 is 1.67 bits per heavy atom. The molecular formula is C33H56N6O6. The van der Waals surface area contributed by atoms with Gasteiger partial charge in [-0.3, -0.25) is 19.5 Å². The third-order valence-electron chi connectivity index (χ3n) is 7.52. The Bertz CT molecular complexity index is 1030. The first-order valence-electron chi connectivity index (χ1n) is 16.5. The second kappa shape index (κ2) is 21.4. The Labute approximate surface area is 269 Å². The van der Waals surface area contributed by atoms with E-state index in [4.69, 9.17) is 25.7 Å². The number of nitrogens with two attached hydrogens (primary N) is 2. The first-order chi connectivity index (χ1) is 21.7. The van der Waals surface area contributed by atoms with Crippen LogP contribution in [0.2, 0.25) is 0 Å². The summed E-state index contributed by atoms with van der Waals surface area (Å²) in [6.45, 7) is 10.1. The lowest BCUT2D eigenvalue weighted by Crippen LogP contribution is -2.56. The molecule has 12 heteroatoms. The van der Waals surface area contributed by atoms with Gasteiger partial charge in [0, 0.05) is 26.3 Å². The lowest BCUT2D eigenvalue weighted by molar-refractivity contribution is -0.166. The Balaban J connectivity index is 2.14. The molecule has 1 aromatic rings. The van der Waals surface area contributed by atoms with E-state index in [0.29, 0.717) is 58.4 Å². The number of carbonyl (C=O) groups is 3. The van der Waals surface area contributed by atoms with Crippen molar-refractivity contribution in [3.8, 4) is 0 Å². The van der Waals surface area contributed by atoms with E-state index in [0.717, 1.165) is 31.2 Å². The highest BCUT2D eigenvalue weighted by atomic mass is 16.7. The predicted octanol–water partition coefficient (Wildman–Crippen LogP) is 3.82. The minimum absolute atomic E-state index is 0.00939. The zero-order chi connectivity index (χ0) is 33.0. The number of nitrogens with zero attached hydrogens (tertiary/aromatic N) is 2. The molecule has 6 N–H and O–H groups in total. The number of carbonyl (C=O) groups excluding carboxylic acids is 3. The molecule has 1 aliphatic rings. The molecule has 1 saturated heterocycles. The van der Waals surface area contributed by atoms with Gasteiger partial charge >= 0.3 is 6.09 Å². The van der Waals surface area contributed by atoms with Crippen molar-refractivity contribution in [1.82, 2.24) is 15.5 Å². The molecule has 1 fully saturated rings. The lowest BCUT2D eigenvalue weighted by atomic mass is 10.0. The maximum Gasteiger partial charge on any atom is 0.410 e. The lowest BCUT2D eigenvalue weighted by Gasteiger charge is -2.31. The molecule has 1 heterocycles. The maximum atomic E-state index is 13.8. The van der Waals surface area contributed by atoms with Crippen LogP contribution in [0.25, 0.3) is 0 Å². The van der Waals surface area contributed by atoms with Crippen molar-refractivity contribution in [3.05, 3.63) is 35.9 Å². The van der Waals surface area contributed by atoms with Crippen LogP contribution in [0.1, 0.15) is 91.0 Å². The van der Waals surface area contributed by atoms with Crippen molar-refractivity contribution >= 4 is 23.9 Å². The summed E-state index contributed by atoms with van der Waals surface area (Å²) in [7, 11) is 0. The molecule has 0 unspecified atom stereocenters. The van der Waals surface area contributed by atoms with Crippen molar-refractivity contribution in [1.29, 1.82) is 0 Å². The molecule has 254 valence electrons. The number of ether oxygens (including phenoxy) is 3. The number of benzene rings is 1. The molecule has 0 spiro atoms. The summed E-state index contributed by atoms with van der Waals surface area (Å²) in [6, 6.07) is 7.38. The average molecular weight is 633 g/mol. The standard InChI is InChI=1S/C33H56N6O6/c1-5-7-20-43-31(44-21-8-6-2)26(16-12-18-36-32(34)35)37-29(40)27(22-24(3)4)38-30(41)28-17-13-19-39(28)33(42)45-23-25-14-10-9-11-15-25/h9-11,14-15,24,26-28,31H,5-8,12-13,16-23H2,1-4H3,(H,37,40)(H,38,41)(H4,34,35,36)/t26-,27-,28-/m0/s1. The quantitative estimate of drug-likeness (QED) is 0.0686. The first-order valence-corrected chi connectivity index (χ1v) is 16.5. The Morgan fingerprint density at radius 3 is 2.27 bits per heavy atom. The number of amides is 3. The maximum absolute atomic E-state index is 13.8. The van der Waals surface area contributed by atoms with Crippen LogP contribution in [0.3, 0.4) is 0 Å². The van der Waals surface area contributed by atoms with E-state index in [-0.39, 0.29) is 30.3 Å². The van der Waals surface area contributed by atoms with E-state index in [1.807, 2.05) is 44.2 Å². The summed E-state index contributed by atoms with van der Waals surface area (Å²) in [6.07, 6.45) is 5.13. The Hall–Kier alpha value is -3.38. The molecular weight excluding hydrogens is 576 g/mol. The minimum atomic E-state index is -0.813. The number of rotatable bonds is 21. The summed E-state index contributed by atoms with van der Waals surface area (Å²) in [4.78, 5) is 45.8. The first kappa shape index (κ1) is 37.8. The van der Waals surface area contributed by atoms with E-state index in [2.05, 4.69) is 29.5 Å². The third kappa shape index (κ3) is 14.5. The van der Waals surface area contributed by atoms with Gasteiger partial charge in [-0.15, -0.1) is 0 Å². The molecule has 45 heavy (non-hydrogen) atoms. The summed E-state index contributed by atoms with van der Waals surface area (Å²) in [5, 5.41) is 6.06. The highest BCUT2D eigenvalue weighted by molar-refractivity contribution is 5.91. The highest BCUT2D eigenvalue weighted by Crippen LogP contribution is 2.20. The minimum Gasteiger partial charge on any atom is -0.445 e. The van der Waals surface area contributed by atoms with Gasteiger partial charge in [-0.05, 0) is 56.4 Å². The smallest absolute Gasteiger partial charge is 0.410 e. The van der Waals surface area contributed by atoms with Gasteiger partial charge in [0.25, 0.3) is 0 Å². The molecule has 2 rings (SSSR count). The number of nitrogens with one attached hydrogen (secondary N) is 2. The van der Waals surface area contributed by atoms with E-state index in [1.165, 1.54) is 4.90 Å². The SMILES string of the molecule is CCCCOC(OCCCC)[C@H](CCCN=C(N)N)NC(=O)[C@H](CC(C)C)NC(=O)[C@@H]1CCCN1C(=O)OCc1ccccc1. The molecule has 0 radical (unpaired) electrons. The number of hydrogen-bond donors (Lipinski definition) is 4. The van der Waals surface area contributed by atoms with Gasteiger partial charge in [0.05, 0.1) is 6.04 Å². The van der Waals surface area contributed by atoms with Crippen LogP contribution < -0.4 is 22.1 Å². The van der Waals surface area contributed by atoms with Crippen LogP contribution in [0.5, 0.6) is 0 Å². The number of hydrogen-bond acceptors (Lipinski definition) is 7. The van der Waals surface area contributed by atoms with Crippen LogP contribution in [-0.2, 0) is 30.4 Å². The molecule has 3 atom stereocenters. The molecule has 1 aliphatic heterocycles. The zero-order valence-electron chi connectivity index (χ0n) is 27.7. The number of likely N-dealkylation sites (tertiary alicyclic amines) is 1. The second-order valence-corrected chi connectivity index (χ2v) is 12.0. The van der Waals surface area contributed by atoms with Crippen molar-refractivity contribution in [2.24, 2.45) is 22.4 Å². The van der Waals surface area contributed by atoms with E-state index < -0.39 is 30.5 Å². The van der Waals surface area contributed by atoms with Crippen molar-refractivity contribution in [3.63, 3.8) is 0 Å². The number of unbranched alkanes of at least 4 members (excludes halogenated alkanes) is 2. The topological polar surface area (TPSA) is 171 Å². The van der Waals surface area contributed by atoms with Crippen LogP contribution in [-0.4, -0.2) is 79.5 Å². The van der Waals surface area contributed by atoms with Crippen molar-refractivity contribution in [2.45, 2.75) is 117 Å². The van der Waals surface area contributed by atoms with Gasteiger partial charge in [-0.1, -0.05) is 70.9 Å². The molecule has 3 amide bonds. The van der Waals surface area contributed by atoms with Crippen LogP contribution in [0.15, 0.2) is 35.3 Å². The summed E-state index contributed by atoms with van der Waals surface area (Å²) < 4.78 is 17.7. The van der Waals surface area contributed by atoms with Crippen LogP contribution in [0, 0.1) is 5.92 Å². The van der Waals surface area contributed by atoms with Gasteiger partial charge in [-0.2, -0.15) is 0 Å². The molecule has 12 nitrogen and oxygen atoms in total. The van der Waals surface area contributed by atoms with Gasteiger partial charge in [0.1, 0.15) is 18.7 Å². The molecule has 1 aromatic carbocycles. The van der Waals surface area contributed by atoms with Crippen molar-refractivity contribution in [2.75, 3.05) is 26.3 Å². The van der Waals surface area contributed by atoms with Gasteiger partial charge in [0.15, 0.2) is 12.2 Å². The van der Waals surface area contributed by atoms with E-state index in [1.54, 1.807) is 0 Å². The Kier molecular flexibility index (Phi) is 18.0. The zero-order valence-corrected chi connectivity index (χ0v) is 27.7. The van der Waals surface area contributed by atoms with Crippen molar-refractivity contribution < 1.29 is 28.6 Å². The molecule has 0 bridgehead atoms. The fourth-order valence-electron chi connectivity index (χ4n) is 5.08. The molecule has 0 aromatic heterocycles. The van der Waals surface area contributed by atoms with Gasteiger partial charge in [0.2, 0.25) is 11.8 Å². The van der Waals surface area contributed by atoms with Crippen LogP contribution in [0.4, 0.5) is 4.79 Å². The second-order valence-electron chi connectivity index (χ2n) is 12.0. The largest absolute Gasteiger partial charge is 0.445 e. The molecule has 0 aliphatic carbocycles. The monoisotopic (exact) mass is 632 g/mol. The average Bonchev–Trinajstić information content (AvgIpc) is 3.51. The number of aliphatic imine (C=N–C) groups is 1. The summed E-state index contributed by atoms with van der Waals surface area (Å²) in [5.41, 5.74) is 11.9. The summed E-state index contributed by atoms with van der Waals surface area (Å²) >= 11 is 0. The fraction of sp³-hybridized carbons (Fsp3) is 0.697. The Morgan fingerprint density at radius 1 is 1.00 bits per heavy atom. The third-order valence-corrected chi connectivity index (χ3v) is 7.52. The van der Waals surface area contributed by atoms with Gasteiger partial charge < -0.3 is 36.3 Å². The van der Waals surface area contributed by atoms with E-state index in [9.17, 15) is 14.4 Å².